The maximum absolute atomic E-state index is 13.5. The number of nitrogens with two attached hydrogens (primary N) is 1. The van der Waals surface area contributed by atoms with E-state index in [0.29, 0.717) is 30.3 Å². The van der Waals surface area contributed by atoms with Gasteiger partial charge < -0.3 is 25.4 Å². The number of benzene rings is 1. The number of rotatable bonds is 4. The second-order valence-corrected chi connectivity index (χ2v) is 9.61. The number of aromatic nitrogens is 1. The maximum atomic E-state index is 13.5. The molecular formula is C23H27Cl2N5O4. The molecule has 9 nitrogen and oxygen atoms in total. The Kier molecular flexibility index (Phi) is 7.45. The molecule has 1 aromatic carbocycles. The fourth-order valence-electron chi connectivity index (χ4n) is 4.48. The second-order valence-electron chi connectivity index (χ2n) is 8.80. The number of carbonyl (C=O) groups excluding carboxylic acids is 3. The number of hydrogen-bond donors (Lipinski definition) is 2. The number of halogens is 2. The van der Waals surface area contributed by atoms with Crippen LogP contribution in [0.15, 0.2) is 28.8 Å². The van der Waals surface area contributed by atoms with Gasteiger partial charge in [-0.15, -0.1) is 0 Å². The van der Waals surface area contributed by atoms with Crippen molar-refractivity contribution in [2.75, 3.05) is 13.1 Å². The SMILES string of the molecule is Cc1cc(C(=O)N2CCCN(C(=O)c3ccc(Cl)c(Cl)c3)C2C(=O)NC2CCC(N)CC2)no1. The summed E-state index contributed by atoms with van der Waals surface area (Å²) >= 11 is 12.1. The average Bonchev–Trinajstić information content (AvgIpc) is 3.27. The fraction of sp³-hybridized carbons (Fsp3) is 0.478. The molecule has 3 N–H and O–H groups in total. The van der Waals surface area contributed by atoms with Crippen molar-refractivity contribution in [1.29, 1.82) is 0 Å². The molecule has 1 aromatic heterocycles. The quantitative estimate of drug-likeness (QED) is 0.655. The minimum atomic E-state index is -1.14. The highest BCUT2D eigenvalue weighted by Crippen LogP contribution is 2.26. The van der Waals surface area contributed by atoms with E-state index in [1.165, 1.54) is 28.0 Å². The first-order valence-electron chi connectivity index (χ1n) is 11.3. The molecule has 182 valence electrons. The van der Waals surface area contributed by atoms with Crippen LogP contribution in [0.4, 0.5) is 0 Å². The van der Waals surface area contributed by atoms with Crippen molar-refractivity contribution in [3.05, 3.63) is 51.3 Å². The van der Waals surface area contributed by atoms with E-state index < -0.39 is 23.9 Å². The predicted octanol–water partition coefficient (Wildman–Crippen LogP) is 2.99. The van der Waals surface area contributed by atoms with Gasteiger partial charge in [0.15, 0.2) is 11.9 Å². The first-order valence-corrected chi connectivity index (χ1v) is 12.1. The van der Waals surface area contributed by atoms with Crippen LogP contribution in [0, 0.1) is 6.92 Å². The van der Waals surface area contributed by atoms with E-state index >= 15 is 0 Å². The van der Waals surface area contributed by atoms with E-state index in [9.17, 15) is 14.4 Å². The molecule has 2 aliphatic rings. The van der Waals surface area contributed by atoms with E-state index in [1.54, 1.807) is 13.0 Å². The Bertz CT molecular complexity index is 1080. The number of nitrogens with one attached hydrogen (secondary N) is 1. The first-order chi connectivity index (χ1) is 16.2. The third-order valence-corrected chi connectivity index (χ3v) is 7.02. The molecule has 1 aliphatic carbocycles. The summed E-state index contributed by atoms with van der Waals surface area (Å²) in [7, 11) is 0. The molecule has 0 radical (unpaired) electrons. The van der Waals surface area contributed by atoms with Crippen molar-refractivity contribution in [3.63, 3.8) is 0 Å². The molecule has 2 fully saturated rings. The highest BCUT2D eigenvalue weighted by Gasteiger charge is 2.42. The van der Waals surface area contributed by atoms with Gasteiger partial charge in [-0.3, -0.25) is 14.4 Å². The standard InChI is InChI=1S/C23H27Cl2N5O4/c1-13-11-19(28-34-13)23(33)30-10-2-9-29(22(32)14-3-8-17(24)18(25)12-14)21(30)20(31)27-16-6-4-15(26)5-7-16/h3,8,11-12,15-16,21H,2,4-7,9-10,26H2,1H3,(H,27,31). The smallest absolute Gasteiger partial charge is 0.278 e. The Labute approximate surface area is 207 Å². The minimum absolute atomic E-state index is 0.0672. The zero-order valence-electron chi connectivity index (χ0n) is 18.8. The van der Waals surface area contributed by atoms with Crippen molar-refractivity contribution in [2.24, 2.45) is 5.73 Å². The lowest BCUT2D eigenvalue weighted by molar-refractivity contribution is -0.133. The van der Waals surface area contributed by atoms with Crippen molar-refractivity contribution >= 4 is 40.9 Å². The summed E-state index contributed by atoms with van der Waals surface area (Å²) in [6.07, 6.45) is 2.46. The van der Waals surface area contributed by atoms with Crippen LogP contribution >= 0.6 is 23.2 Å². The van der Waals surface area contributed by atoms with Gasteiger partial charge in [-0.25, -0.2) is 0 Å². The molecule has 34 heavy (non-hydrogen) atoms. The molecule has 0 bridgehead atoms. The van der Waals surface area contributed by atoms with Crippen LogP contribution in [-0.4, -0.2) is 64.0 Å². The van der Waals surface area contributed by atoms with Gasteiger partial charge in [-0.1, -0.05) is 28.4 Å². The van der Waals surface area contributed by atoms with Crippen molar-refractivity contribution in [1.82, 2.24) is 20.3 Å². The van der Waals surface area contributed by atoms with Crippen LogP contribution in [-0.2, 0) is 4.79 Å². The summed E-state index contributed by atoms with van der Waals surface area (Å²) in [5.74, 6) is -0.835. The van der Waals surface area contributed by atoms with Gasteiger partial charge in [0.05, 0.1) is 10.0 Å². The normalized spacial score (nSPS) is 23.0. The van der Waals surface area contributed by atoms with Gasteiger partial charge in [-0.05, 0) is 57.2 Å². The molecular weight excluding hydrogens is 481 g/mol. The lowest BCUT2D eigenvalue weighted by Gasteiger charge is -2.43. The first kappa shape index (κ1) is 24.5. The average molecular weight is 508 g/mol. The summed E-state index contributed by atoms with van der Waals surface area (Å²) in [6.45, 7) is 2.27. The monoisotopic (exact) mass is 507 g/mol. The van der Waals surface area contributed by atoms with Crippen LogP contribution in [0.3, 0.4) is 0 Å². The van der Waals surface area contributed by atoms with Crippen LogP contribution in [0.1, 0.15) is 58.7 Å². The highest BCUT2D eigenvalue weighted by atomic mass is 35.5. The van der Waals surface area contributed by atoms with Gasteiger partial charge in [0.25, 0.3) is 17.7 Å². The number of carbonyl (C=O) groups is 3. The molecule has 1 saturated carbocycles. The Hall–Kier alpha value is -2.62. The van der Waals surface area contributed by atoms with Crippen molar-refractivity contribution < 1.29 is 18.9 Å². The van der Waals surface area contributed by atoms with Gasteiger partial charge >= 0.3 is 0 Å². The molecule has 1 aliphatic heterocycles. The topological polar surface area (TPSA) is 122 Å². The molecule has 2 heterocycles. The summed E-state index contributed by atoms with van der Waals surface area (Å²) in [5.41, 5.74) is 6.36. The second kappa shape index (κ2) is 10.3. The van der Waals surface area contributed by atoms with Crippen molar-refractivity contribution in [2.45, 2.75) is 57.3 Å². The molecule has 0 spiro atoms. The van der Waals surface area contributed by atoms with Gasteiger partial charge in [0.2, 0.25) is 0 Å². The highest BCUT2D eigenvalue weighted by molar-refractivity contribution is 6.42. The number of hydrogen-bond acceptors (Lipinski definition) is 6. The Morgan fingerprint density at radius 2 is 1.71 bits per heavy atom. The minimum Gasteiger partial charge on any atom is -0.361 e. The molecule has 1 saturated heterocycles. The van der Waals surface area contributed by atoms with Gasteiger partial charge in [0, 0.05) is 36.8 Å². The van der Waals surface area contributed by atoms with Gasteiger partial charge in [-0.2, -0.15) is 0 Å². The Balaban J connectivity index is 1.63. The zero-order valence-corrected chi connectivity index (χ0v) is 20.3. The third kappa shape index (κ3) is 5.21. The maximum Gasteiger partial charge on any atom is 0.278 e. The number of aryl methyl sites for hydroxylation is 1. The Morgan fingerprint density at radius 3 is 2.32 bits per heavy atom. The number of nitrogens with zero attached hydrogens (tertiary/aromatic N) is 3. The lowest BCUT2D eigenvalue weighted by atomic mass is 9.91. The van der Waals surface area contributed by atoms with E-state index in [0.717, 1.165) is 25.7 Å². The third-order valence-electron chi connectivity index (χ3n) is 6.28. The molecule has 3 amide bonds. The fourth-order valence-corrected chi connectivity index (χ4v) is 4.78. The zero-order chi connectivity index (χ0) is 24.4. The van der Waals surface area contributed by atoms with Crippen LogP contribution < -0.4 is 11.1 Å². The molecule has 11 heteroatoms. The van der Waals surface area contributed by atoms with Crippen LogP contribution in [0.25, 0.3) is 0 Å². The van der Waals surface area contributed by atoms with Crippen molar-refractivity contribution in [3.8, 4) is 0 Å². The summed E-state index contributed by atoms with van der Waals surface area (Å²) in [6, 6.07) is 6.12. The van der Waals surface area contributed by atoms with Crippen LogP contribution in [0.5, 0.6) is 0 Å². The molecule has 1 unspecified atom stereocenters. The van der Waals surface area contributed by atoms with E-state index in [4.69, 9.17) is 33.5 Å². The van der Waals surface area contributed by atoms with E-state index in [1.807, 2.05) is 0 Å². The summed E-state index contributed by atoms with van der Waals surface area (Å²) < 4.78 is 5.05. The van der Waals surface area contributed by atoms with Crippen LogP contribution in [0.2, 0.25) is 10.0 Å². The molecule has 1 atom stereocenters. The van der Waals surface area contributed by atoms with E-state index in [-0.39, 0.29) is 28.4 Å². The molecule has 2 aromatic rings. The van der Waals surface area contributed by atoms with Gasteiger partial charge in [0.1, 0.15) is 5.76 Å². The summed E-state index contributed by atoms with van der Waals surface area (Å²) in [4.78, 5) is 43.1. The predicted molar refractivity (Wildman–Crippen MR) is 127 cm³/mol. The lowest BCUT2D eigenvalue weighted by Crippen LogP contribution is -2.64. The van der Waals surface area contributed by atoms with E-state index in [2.05, 4.69) is 10.5 Å². The molecule has 4 rings (SSSR count). The Morgan fingerprint density at radius 1 is 1.03 bits per heavy atom. The largest absolute Gasteiger partial charge is 0.361 e. The number of amides is 3. The summed E-state index contributed by atoms with van der Waals surface area (Å²) in [5, 5.41) is 7.40.